The lowest BCUT2D eigenvalue weighted by atomic mass is 10.0. The summed E-state index contributed by atoms with van der Waals surface area (Å²) in [4.78, 5) is 14.7. The number of para-hydroxylation sites is 1. The van der Waals surface area contributed by atoms with Crippen molar-refractivity contribution in [3.05, 3.63) is 53.6 Å². The zero-order chi connectivity index (χ0) is 16.4. The minimum Gasteiger partial charge on any atom is -0.493 e. The van der Waals surface area contributed by atoms with Crippen molar-refractivity contribution in [1.82, 2.24) is 4.98 Å². The fourth-order valence-electron chi connectivity index (χ4n) is 2.88. The molecule has 0 amide bonds. The first-order valence-corrected chi connectivity index (χ1v) is 7.65. The van der Waals surface area contributed by atoms with Crippen LogP contribution in [-0.4, -0.2) is 22.7 Å². The Labute approximate surface area is 134 Å². The van der Waals surface area contributed by atoms with Gasteiger partial charge >= 0.3 is 5.97 Å². The minimum atomic E-state index is -0.845. The van der Waals surface area contributed by atoms with Crippen molar-refractivity contribution in [1.29, 1.82) is 0 Å². The van der Waals surface area contributed by atoms with Gasteiger partial charge in [-0.15, -0.1) is 0 Å². The number of aryl methyl sites for hydroxylation is 1. The maximum Gasteiger partial charge on any atom is 0.307 e. The maximum absolute atomic E-state index is 11.3. The average Bonchev–Trinajstić information content (AvgIpc) is 2.86. The topological polar surface area (TPSA) is 62.3 Å². The van der Waals surface area contributed by atoms with Gasteiger partial charge in [0.1, 0.15) is 5.75 Å². The molecule has 3 rings (SSSR count). The average molecular weight is 309 g/mol. The lowest BCUT2D eigenvalue weighted by molar-refractivity contribution is -0.136. The predicted molar refractivity (Wildman–Crippen MR) is 91.0 cm³/mol. The number of carboxylic acids is 1. The van der Waals surface area contributed by atoms with Gasteiger partial charge in [0.2, 0.25) is 0 Å². The smallest absolute Gasteiger partial charge is 0.307 e. The zero-order valence-electron chi connectivity index (χ0n) is 13.2. The summed E-state index contributed by atoms with van der Waals surface area (Å²) in [5.74, 6) is -0.0903. The molecule has 0 atom stereocenters. The quantitative estimate of drug-likeness (QED) is 0.743. The monoisotopic (exact) mass is 309 g/mol. The van der Waals surface area contributed by atoms with Gasteiger partial charge in [0.15, 0.2) is 0 Å². The number of carboxylic acid groups (broad SMARTS) is 1. The molecule has 2 aromatic carbocycles. The van der Waals surface area contributed by atoms with Crippen LogP contribution >= 0.6 is 0 Å². The molecule has 118 valence electrons. The van der Waals surface area contributed by atoms with Crippen molar-refractivity contribution >= 4 is 16.9 Å². The number of H-pyrrole nitrogens is 1. The molecule has 1 aromatic heterocycles. The van der Waals surface area contributed by atoms with Gasteiger partial charge in [-0.1, -0.05) is 23.8 Å². The number of aliphatic carboxylic acids is 1. The molecule has 3 aromatic rings. The van der Waals surface area contributed by atoms with Crippen molar-refractivity contribution in [2.75, 3.05) is 6.61 Å². The normalized spacial score (nSPS) is 10.9. The number of aromatic nitrogens is 1. The van der Waals surface area contributed by atoms with E-state index in [1.165, 1.54) is 0 Å². The van der Waals surface area contributed by atoms with E-state index >= 15 is 0 Å². The SMILES string of the molecule is CCOc1ccccc1-c1[nH]c2ccc(C)cc2c1CC(=O)O. The Kier molecular flexibility index (Phi) is 4.06. The molecule has 1 heterocycles. The Hall–Kier alpha value is -2.75. The molecule has 0 saturated carbocycles. The molecule has 0 spiro atoms. The lowest BCUT2D eigenvalue weighted by Gasteiger charge is -2.10. The van der Waals surface area contributed by atoms with E-state index in [-0.39, 0.29) is 6.42 Å². The number of carbonyl (C=O) groups is 1. The molecule has 4 nitrogen and oxygen atoms in total. The molecule has 4 heteroatoms. The second-order valence-corrected chi connectivity index (χ2v) is 5.53. The second-order valence-electron chi connectivity index (χ2n) is 5.53. The number of fused-ring (bicyclic) bond motifs is 1. The third kappa shape index (κ3) is 2.93. The molecule has 0 radical (unpaired) electrons. The number of benzene rings is 2. The highest BCUT2D eigenvalue weighted by molar-refractivity contribution is 5.95. The second kappa shape index (κ2) is 6.16. The summed E-state index contributed by atoms with van der Waals surface area (Å²) in [6.07, 6.45) is -0.0285. The molecule has 0 bridgehead atoms. The Bertz CT molecular complexity index is 864. The Morgan fingerprint density at radius 2 is 2.00 bits per heavy atom. The number of rotatable bonds is 5. The number of hydrogen-bond acceptors (Lipinski definition) is 2. The molecular weight excluding hydrogens is 290 g/mol. The van der Waals surface area contributed by atoms with Crippen LogP contribution < -0.4 is 4.74 Å². The third-order valence-electron chi connectivity index (χ3n) is 3.85. The highest BCUT2D eigenvalue weighted by atomic mass is 16.5. The van der Waals surface area contributed by atoms with Crippen molar-refractivity contribution in [2.24, 2.45) is 0 Å². The molecular formula is C19H19NO3. The van der Waals surface area contributed by atoms with Crippen molar-refractivity contribution in [3.8, 4) is 17.0 Å². The van der Waals surface area contributed by atoms with Gasteiger partial charge in [0.05, 0.1) is 18.7 Å². The van der Waals surface area contributed by atoms with Crippen LogP contribution in [0.3, 0.4) is 0 Å². The summed E-state index contributed by atoms with van der Waals surface area (Å²) in [6.45, 7) is 4.50. The van der Waals surface area contributed by atoms with Gasteiger partial charge < -0.3 is 14.8 Å². The van der Waals surface area contributed by atoms with Crippen LogP contribution in [0.25, 0.3) is 22.2 Å². The van der Waals surface area contributed by atoms with Crippen molar-refractivity contribution in [3.63, 3.8) is 0 Å². The zero-order valence-corrected chi connectivity index (χ0v) is 13.2. The number of ether oxygens (including phenoxy) is 1. The standard InChI is InChI=1S/C19H19NO3/c1-3-23-17-7-5-4-6-13(17)19-15(11-18(21)22)14-10-12(2)8-9-16(14)20-19/h4-10,20H,3,11H2,1-2H3,(H,21,22). The fraction of sp³-hybridized carbons (Fsp3) is 0.211. The van der Waals surface area contributed by atoms with E-state index in [0.717, 1.165) is 39.0 Å². The van der Waals surface area contributed by atoms with Gasteiger partial charge in [-0.3, -0.25) is 4.79 Å². The summed E-state index contributed by atoms with van der Waals surface area (Å²) >= 11 is 0. The Balaban J connectivity index is 2.26. The number of aromatic amines is 1. The first-order valence-electron chi connectivity index (χ1n) is 7.65. The van der Waals surface area contributed by atoms with Crippen LogP contribution in [0.2, 0.25) is 0 Å². The largest absolute Gasteiger partial charge is 0.493 e. The van der Waals surface area contributed by atoms with E-state index in [4.69, 9.17) is 4.74 Å². The van der Waals surface area contributed by atoms with Crippen molar-refractivity contribution < 1.29 is 14.6 Å². The lowest BCUT2D eigenvalue weighted by Crippen LogP contribution is -2.02. The predicted octanol–water partition coefficient (Wildman–Crippen LogP) is 4.17. The van der Waals surface area contributed by atoms with Gasteiger partial charge in [-0.05, 0) is 43.7 Å². The molecule has 0 aliphatic carbocycles. The van der Waals surface area contributed by atoms with Crippen LogP contribution in [0.5, 0.6) is 5.75 Å². The molecule has 2 N–H and O–H groups in total. The summed E-state index contributed by atoms with van der Waals surface area (Å²) in [6, 6.07) is 13.7. The number of nitrogens with one attached hydrogen (secondary N) is 1. The molecule has 0 fully saturated rings. The van der Waals surface area contributed by atoms with E-state index in [1.807, 2.05) is 56.3 Å². The highest BCUT2D eigenvalue weighted by Gasteiger charge is 2.18. The van der Waals surface area contributed by atoms with Crippen LogP contribution in [0, 0.1) is 6.92 Å². The van der Waals surface area contributed by atoms with Gasteiger partial charge in [-0.25, -0.2) is 0 Å². The van der Waals surface area contributed by atoms with Crippen LogP contribution in [0.4, 0.5) is 0 Å². The first-order chi connectivity index (χ1) is 11.1. The summed E-state index contributed by atoms with van der Waals surface area (Å²) in [7, 11) is 0. The van der Waals surface area contributed by atoms with Crippen LogP contribution in [0.1, 0.15) is 18.1 Å². The molecule has 0 saturated heterocycles. The first kappa shape index (κ1) is 15.2. The van der Waals surface area contributed by atoms with E-state index < -0.39 is 5.97 Å². The van der Waals surface area contributed by atoms with Crippen molar-refractivity contribution in [2.45, 2.75) is 20.3 Å². The fourth-order valence-corrected chi connectivity index (χ4v) is 2.88. The van der Waals surface area contributed by atoms with Gasteiger partial charge in [0.25, 0.3) is 0 Å². The van der Waals surface area contributed by atoms with E-state index in [2.05, 4.69) is 4.98 Å². The van der Waals surface area contributed by atoms with Gasteiger partial charge in [-0.2, -0.15) is 0 Å². The third-order valence-corrected chi connectivity index (χ3v) is 3.85. The van der Waals surface area contributed by atoms with Crippen LogP contribution in [-0.2, 0) is 11.2 Å². The highest BCUT2D eigenvalue weighted by Crippen LogP contribution is 2.36. The Morgan fingerprint density at radius 1 is 1.22 bits per heavy atom. The minimum absolute atomic E-state index is 0.0285. The molecule has 0 aliphatic heterocycles. The van der Waals surface area contributed by atoms with E-state index in [0.29, 0.717) is 6.61 Å². The van der Waals surface area contributed by atoms with E-state index in [9.17, 15) is 9.90 Å². The molecule has 23 heavy (non-hydrogen) atoms. The molecule has 0 unspecified atom stereocenters. The number of hydrogen-bond donors (Lipinski definition) is 2. The summed E-state index contributed by atoms with van der Waals surface area (Å²) < 4.78 is 5.70. The molecule has 0 aliphatic rings. The van der Waals surface area contributed by atoms with Gasteiger partial charge in [0, 0.05) is 16.5 Å². The van der Waals surface area contributed by atoms with E-state index in [1.54, 1.807) is 0 Å². The summed E-state index contributed by atoms with van der Waals surface area (Å²) in [5, 5.41) is 10.3. The Morgan fingerprint density at radius 3 is 2.74 bits per heavy atom. The summed E-state index contributed by atoms with van der Waals surface area (Å²) in [5.41, 5.74) is 4.54. The maximum atomic E-state index is 11.3. The van der Waals surface area contributed by atoms with Crippen LogP contribution in [0.15, 0.2) is 42.5 Å².